The van der Waals surface area contributed by atoms with E-state index in [1.165, 1.54) is 24.3 Å². The minimum absolute atomic E-state index is 0.00807. The maximum atomic E-state index is 12.2. The molecule has 0 amide bonds. The van der Waals surface area contributed by atoms with Crippen molar-refractivity contribution in [1.82, 2.24) is 4.72 Å². The summed E-state index contributed by atoms with van der Waals surface area (Å²) in [6.45, 7) is -0.0190. The van der Waals surface area contributed by atoms with Gasteiger partial charge >= 0.3 is 5.97 Å². The summed E-state index contributed by atoms with van der Waals surface area (Å²) in [7, 11) is -3.89. The molecule has 0 bridgehead atoms. The number of hydrogen-bond donors (Lipinski definition) is 2. The third-order valence-electron chi connectivity index (χ3n) is 2.98. The fourth-order valence-corrected chi connectivity index (χ4v) is 3.22. The highest BCUT2D eigenvalue weighted by atomic mass is 32.2. The second-order valence-corrected chi connectivity index (χ2v) is 6.06. The number of rotatable bonds is 4. The summed E-state index contributed by atoms with van der Waals surface area (Å²) in [6, 6.07) is 6.54. The molecule has 2 rings (SSSR count). The number of carboxylic acids is 1. The quantitative estimate of drug-likeness (QED) is 0.803. The van der Waals surface area contributed by atoms with Crippen LogP contribution in [0.15, 0.2) is 29.2 Å². The van der Waals surface area contributed by atoms with Crippen LogP contribution in [0, 0.1) is 17.2 Å². The number of hydrogen-bond acceptors (Lipinski definition) is 5. The Kier molecular flexibility index (Phi) is 4.04. The zero-order chi connectivity index (χ0) is 14.8. The largest absolute Gasteiger partial charge is 0.481 e. The lowest BCUT2D eigenvalue weighted by Crippen LogP contribution is -2.42. The van der Waals surface area contributed by atoms with Gasteiger partial charge in [-0.1, -0.05) is 6.07 Å². The summed E-state index contributed by atoms with van der Waals surface area (Å²) in [5.74, 6) is -2.02. The first-order valence-electron chi connectivity index (χ1n) is 5.77. The average Bonchev–Trinajstić information content (AvgIpc) is 2.86. The number of carboxylic acid groups (broad SMARTS) is 1. The van der Waals surface area contributed by atoms with Gasteiger partial charge in [-0.2, -0.15) is 5.26 Å². The molecule has 2 N–H and O–H groups in total. The van der Waals surface area contributed by atoms with Gasteiger partial charge in [-0.3, -0.25) is 4.79 Å². The number of ether oxygens (including phenoxy) is 1. The van der Waals surface area contributed by atoms with Gasteiger partial charge in [0.15, 0.2) is 0 Å². The molecule has 1 saturated heterocycles. The van der Waals surface area contributed by atoms with Crippen LogP contribution in [-0.4, -0.2) is 38.7 Å². The molecule has 2 atom stereocenters. The van der Waals surface area contributed by atoms with E-state index in [-0.39, 0.29) is 23.7 Å². The van der Waals surface area contributed by atoms with E-state index in [1.807, 2.05) is 6.07 Å². The first-order chi connectivity index (χ1) is 9.44. The second kappa shape index (κ2) is 5.58. The molecule has 106 valence electrons. The van der Waals surface area contributed by atoms with Crippen LogP contribution in [0.25, 0.3) is 0 Å². The number of aliphatic carboxylic acids is 1. The fraction of sp³-hybridized carbons (Fsp3) is 0.333. The maximum absolute atomic E-state index is 12.2. The second-order valence-electron chi connectivity index (χ2n) is 4.35. The predicted molar refractivity (Wildman–Crippen MR) is 67.2 cm³/mol. The van der Waals surface area contributed by atoms with Gasteiger partial charge in [0.2, 0.25) is 10.0 Å². The molecule has 1 aromatic carbocycles. The van der Waals surface area contributed by atoms with Gasteiger partial charge in [0.25, 0.3) is 0 Å². The Morgan fingerprint density at radius 2 is 2.20 bits per heavy atom. The normalized spacial score (nSPS) is 22.4. The molecule has 1 aromatic rings. The highest BCUT2D eigenvalue weighted by molar-refractivity contribution is 7.89. The minimum atomic E-state index is -3.89. The zero-order valence-corrected chi connectivity index (χ0v) is 11.1. The molecule has 1 fully saturated rings. The molecule has 0 aliphatic carbocycles. The fourth-order valence-electron chi connectivity index (χ4n) is 1.91. The average molecular weight is 296 g/mol. The van der Waals surface area contributed by atoms with Crippen molar-refractivity contribution < 1.29 is 23.1 Å². The Morgan fingerprint density at radius 3 is 2.85 bits per heavy atom. The van der Waals surface area contributed by atoms with Gasteiger partial charge in [0.1, 0.15) is 0 Å². The number of nitrogens with zero attached hydrogens (tertiary/aromatic N) is 1. The van der Waals surface area contributed by atoms with E-state index in [9.17, 15) is 13.2 Å². The zero-order valence-electron chi connectivity index (χ0n) is 10.3. The van der Waals surface area contributed by atoms with Crippen LogP contribution in [0.2, 0.25) is 0 Å². The first-order valence-corrected chi connectivity index (χ1v) is 7.25. The van der Waals surface area contributed by atoms with Crippen LogP contribution in [0.5, 0.6) is 0 Å². The molecule has 2 unspecified atom stereocenters. The van der Waals surface area contributed by atoms with Crippen LogP contribution in [0.4, 0.5) is 0 Å². The van der Waals surface area contributed by atoms with E-state index in [0.717, 1.165) is 0 Å². The van der Waals surface area contributed by atoms with E-state index in [4.69, 9.17) is 15.1 Å². The smallest absolute Gasteiger partial charge is 0.310 e. The van der Waals surface area contributed by atoms with Crippen molar-refractivity contribution in [2.24, 2.45) is 5.92 Å². The molecule has 8 heteroatoms. The monoisotopic (exact) mass is 296 g/mol. The van der Waals surface area contributed by atoms with E-state index in [0.29, 0.717) is 0 Å². The van der Waals surface area contributed by atoms with Gasteiger partial charge in [-0.05, 0) is 18.2 Å². The van der Waals surface area contributed by atoms with E-state index in [2.05, 4.69) is 4.72 Å². The standard InChI is InChI=1S/C12H12N2O5S/c13-5-8-2-1-3-9(4-8)20(17,18)14-11-7-19-6-10(11)12(15)16/h1-4,10-11,14H,6-7H2,(H,15,16). The van der Waals surface area contributed by atoms with Crippen LogP contribution < -0.4 is 4.72 Å². The van der Waals surface area contributed by atoms with Crippen molar-refractivity contribution in [3.8, 4) is 6.07 Å². The number of benzene rings is 1. The van der Waals surface area contributed by atoms with Crippen molar-refractivity contribution in [1.29, 1.82) is 5.26 Å². The van der Waals surface area contributed by atoms with Crippen LogP contribution in [0.3, 0.4) is 0 Å². The summed E-state index contributed by atoms with van der Waals surface area (Å²) in [5.41, 5.74) is 0.213. The Morgan fingerprint density at radius 1 is 1.45 bits per heavy atom. The molecule has 20 heavy (non-hydrogen) atoms. The van der Waals surface area contributed by atoms with Gasteiger partial charge in [0, 0.05) is 0 Å². The van der Waals surface area contributed by atoms with E-state index >= 15 is 0 Å². The number of carbonyl (C=O) groups is 1. The van der Waals surface area contributed by atoms with E-state index in [1.54, 1.807) is 0 Å². The molecule has 0 saturated carbocycles. The highest BCUT2D eigenvalue weighted by Gasteiger charge is 2.36. The van der Waals surface area contributed by atoms with Crippen molar-refractivity contribution in [3.63, 3.8) is 0 Å². The van der Waals surface area contributed by atoms with Gasteiger partial charge in [0.05, 0.1) is 41.7 Å². The van der Waals surface area contributed by atoms with Gasteiger partial charge < -0.3 is 9.84 Å². The number of nitrogens with one attached hydrogen (secondary N) is 1. The molecule has 1 aliphatic heterocycles. The molecule has 1 heterocycles. The lowest BCUT2D eigenvalue weighted by Gasteiger charge is -2.15. The highest BCUT2D eigenvalue weighted by Crippen LogP contribution is 2.18. The summed E-state index contributed by atoms with van der Waals surface area (Å²) in [4.78, 5) is 10.9. The van der Waals surface area contributed by atoms with E-state index < -0.39 is 28.0 Å². The first kappa shape index (κ1) is 14.5. The summed E-state index contributed by atoms with van der Waals surface area (Å²) in [5, 5.41) is 17.7. The van der Waals surface area contributed by atoms with Crippen LogP contribution in [-0.2, 0) is 19.6 Å². The van der Waals surface area contributed by atoms with Crippen molar-refractivity contribution in [2.45, 2.75) is 10.9 Å². The van der Waals surface area contributed by atoms with Gasteiger partial charge in [-0.25, -0.2) is 13.1 Å². The molecule has 1 aliphatic rings. The summed E-state index contributed by atoms with van der Waals surface area (Å²) in [6.07, 6.45) is 0. The number of nitriles is 1. The maximum Gasteiger partial charge on any atom is 0.310 e. The van der Waals surface area contributed by atoms with Crippen molar-refractivity contribution in [3.05, 3.63) is 29.8 Å². The third-order valence-corrected chi connectivity index (χ3v) is 4.47. The van der Waals surface area contributed by atoms with Crippen LogP contribution in [0.1, 0.15) is 5.56 Å². The Bertz CT molecular complexity index is 665. The molecule has 0 aromatic heterocycles. The van der Waals surface area contributed by atoms with Crippen molar-refractivity contribution >= 4 is 16.0 Å². The Labute approximate surface area is 115 Å². The lowest BCUT2D eigenvalue weighted by molar-refractivity contribution is -0.142. The third kappa shape index (κ3) is 2.96. The Hall–Kier alpha value is -1.95. The molecule has 0 spiro atoms. The predicted octanol–water partition coefficient (Wildman–Crippen LogP) is -0.0638. The lowest BCUT2D eigenvalue weighted by atomic mass is 10.1. The molecule has 7 nitrogen and oxygen atoms in total. The summed E-state index contributed by atoms with van der Waals surface area (Å²) >= 11 is 0. The minimum Gasteiger partial charge on any atom is -0.481 e. The molecule has 0 radical (unpaired) electrons. The summed E-state index contributed by atoms with van der Waals surface area (Å²) < 4.78 is 31.6. The number of sulfonamides is 1. The van der Waals surface area contributed by atoms with Crippen LogP contribution >= 0.6 is 0 Å². The van der Waals surface area contributed by atoms with Crippen molar-refractivity contribution in [2.75, 3.05) is 13.2 Å². The Balaban J connectivity index is 2.23. The molecular weight excluding hydrogens is 284 g/mol. The molecular formula is C12H12N2O5S. The topological polar surface area (TPSA) is 116 Å². The van der Waals surface area contributed by atoms with Gasteiger partial charge in [-0.15, -0.1) is 0 Å². The SMILES string of the molecule is N#Cc1cccc(S(=O)(=O)NC2COCC2C(=O)O)c1.